The second-order valence-electron chi connectivity index (χ2n) is 2.43. The molecule has 0 spiro atoms. The number of ether oxygens (including phenoxy) is 1. The van der Waals surface area contributed by atoms with E-state index in [9.17, 15) is 0 Å². The van der Waals surface area contributed by atoms with Crippen molar-refractivity contribution in [1.82, 2.24) is 0 Å². The van der Waals surface area contributed by atoms with Gasteiger partial charge in [0.2, 0.25) is 0 Å². The van der Waals surface area contributed by atoms with E-state index >= 15 is 0 Å². The van der Waals surface area contributed by atoms with E-state index in [1.807, 2.05) is 24.3 Å². The molecule has 0 bridgehead atoms. The molecule has 0 amide bonds. The molecule has 2 heteroatoms. The standard InChI is InChI=1S/C10H12BrO/c1-2-9-4-3-5-10(8-9)12-7-6-11/h3-5,8H,1-2,6-7H2. The van der Waals surface area contributed by atoms with Gasteiger partial charge in [0.1, 0.15) is 5.75 Å². The number of rotatable bonds is 4. The molecule has 0 fully saturated rings. The van der Waals surface area contributed by atoms with Crippen molar-refractivity contribution >= 4 is 15.9 Å². The molecule has 0 heterocycles. The molecule has 1 aromatic rings. The maximum Gasteiger partial charge on any atom is 0.119 e. The fourth-order valence-electron chi connectivity index (χ4n) is 0.947. The van der Waals surface area contributed by atoms with Gasteiger partial charge in [-0.3, -0.25) is 0 Å². The van der Waals surface area contributed by atoms with E-state index in [1.54, 1.807) is 0 Å². The zero-order valence-corrected chi connectivity index (χ0v) is 8.51. The minimum atomic E-state index is 0.709. The highest BCUT2D eigenvalue weighted by Crippen LogP contribution is 2.13. The summed E-state index contributed by atoms with van der Waals surface area (Å²) in [4.78, 5) is 0. The lowest BCUT2D eigenvalue weighted by Crippen LogP contribution is -1.97. The Kier molecular flexibility index (Phi) is 4.15. The van der Waals surface area contributed by atoms with E-state index in [2.05, 4.69) is 22.9 Å². The summed E-state index contributed by atoms with van der Waals surface area (Å²) in [6.07, 6.45) is 0.811. The van der Waals surface area contributed by atoms with E-state index in [1.165, 1.54) is 5.56 Å². The maximum absolute atomic E-state index is 5.42. The summed E-state index contributed by atoms with van der Waals surface area (Å²) >= 11 is 3.31. The zero-order valence-electron chi connectivity index (χ0n) is 6.92. The van der Waals surface area contributed by atoms with Crippen molar-refractivity contribution in [2.75, 3.05) is 11.9 Å². The normalized spacial score (nSPS) is 9.83. The van der Waals surface area contributed by atoms with Crippen molar-refractivity contribution in [2.24, 2.45) is 0 Å². The molecule has 1 nitrogen and oxygen atoms in total. The Morgan fingerprint density at radius 1 is 1.42 bits per heavy atom. The topological polar surface area (TPSA) is 9.23 Å². The molecule has 0 aliphatic heterocycles. The van der Waals surface area contributed by atoms with Crippen LogP contribution in [0.15, 0.2) is 24.3 Å². The van der Waals surface area contributed by atoms with Crippen LogP contribution in [0.4, 0.5) is 0 Å². The van der Waals surface area contributed by atoms with Gasteiger partial charge < -0.3 is 4.74 Å². The predicted molar refractivity (Wildman–Crippen MR) is 54.8 cm³/mol. The lowest BCUT2D eigenvalue weighted by molar-refractivity contribution is 0.345. The first-order chi connectivity index (χ1) is 5.86. The summed E-state index contributed by atoms with van der Waals surface area (Å²) in [6, 6.07) is 8.02. The van der Waals surface area contributed by atoms with Crippen molar-refractivity contribution in [2.45, 2.75) is 6.42 Å². The number of hydrogen-bond acceptors (Lipinski definition) is 1. The van der Waals surface area contributed by atoms with Crippen LogP contribution in [0.25, 0.3) is 0 Å². The Morgan fingerprint density at radius 3 is 2.92 bits per heavy atom. The van der Waals surface area contributed by atoms with Gasteiger partial charge in [-0.25, -0.2) is 0 Å². The molecule has 0 atom stereocenters. The fourth-order valence-corrected chi connectivity index (χ4v) is 1.11. The second-order valence-corrected chi connectivity index (χ2v) is 3.23. The third-order valence-corrected chi connectivity index (χ3v) is 1.86. The van der Waals surface area contributed by atoms with Gasteiger partial charge in [0.25, 0.3) is 0 Å². The van der Waals surface area contributed by atoms with Crippen LogP contribution >= 0.6 is 15.9 Å². The maximum atomic E-state index is 5.42. The Labute approximate surface area is 81.9 Å². The molecular weight excluding hydrogens is 216 g/mol. The highest BCUT2D eigenvalue weighted by molar-refractivity contribution is 9.09. The first-order valence-corrected chi connectivity index (χ1v) is 5.06. The summed E-state index contributed by atoms with van der Waals surface area (Å²) in [5.41, 5.74) is 1.21. The average Bonchev–Trinajstić information content (AvgIpc) is 2.15. The minimum Gasteiger partial charge on any atom is -0.493 e. The SMILES string of the molecule is [CH2]Cc1cccc(OCCBr)c1. The van der Waals surface area contributed by atoms with Crippen LogP contribution in [-0.2, 0) is 6.42 Å². The summed E-state index contributed by atoms with van der Waals surface area (Å²) in [5.74, 6) is 0.926. The van der Waals surface area contributed by atoms with Gasteiger partial charge in [-0.1, -0.05) is 28.1 Å². The Morgan fingerprint density at radius 2 is 2.25 bits per heavy atom. The first-order valence-electron chi connectivity index (χ1n) is 3.93. The van der Waals surface area contributed by atoms with E-state index in [-0.39, 0.29) is 0 Å². The van der Waals surface area contributed by atoms with Gasteiger partial charge in [-0.15, -0.1) is 0 Å². The van der Waals surface area contributed by atoms with E-state index in [0.717, 1.165) is 17.5 Å². The molecule has 0 saturated carbocycles. The van der Waals surface area contributed by atoms with Crippen LogP contribution in [-0.4, -0.2) is 11.9 Å². The predicted octanol–water partition coefficient (Wildman–Crippen LogP) is 2.84. The molecule has 0 aliphatic rings. The van der Waals surface area contributed by atoms with Gasteiger partial charge in [0, 0.05) is 5.33 Å². The molecule has 1 radical (unpaired) electrons. The second kappa shape index (κ2) is 5.20. The summed E-state index contributed by atoms with van der Waals surface area (Å²) in [7, 11) is 0. The third kappa shape index (κ3) is 2.86. The highest BCUT2D eigenvalue weighted by atomic mass is 79.9. The Balaban J connectivity index is 2.60. The van der Waals surface area contributed by atoms with E-state index < -0.39 is 0 Å². The molecule has 12 heavy (non-hydrogen) atoms. The average molecular weight is 228 g/mol. The van der Waals surface area contributed by atoms with Gasteiger partial charge in [0.15, 0.2) is 0 Å². The van der Waals surface area contributed by atoms with Crippen LogP contribution in [0.2, 0.25) is 0 Å². The number of halogens is 1. The van der Waals surface area contributed by atoms with Crippen LogP contribution in [0, 0.1) is 6.92 Å². The van der Waals surface area contributed by atoms with Gasteiger partial charge >= 0.3 is 0 Å². The van der Waals surface area contributed by atoms with Crippen LogP contribution in [0.3, 0.4) is 0 Å². The summed E-state index contributed by atoms with van der Waals surface area (Å²) < 4.78 is 5.42. The van der Waals surface area contributed by atoms with Crippen LogP contribution in [0.1, 0.15) is 5.56 Å². The highest BCUT2D eigenvalue weighted by Gasteiger charge is 1.93. The minimum absolute atomic E-state index is 0.709. The summed E-state index contributed by atoms with van der Waals surface area (Å²) in [6.45, 7) is 4.52. The van der Waals surface area contributed by atoms with Crippen molar-refractivity contribution in [1.29, 1.82) is 0 Å². The number of alkyl halides is 1. The van der Waals surface area contributed by atoms with Gasteiger partial charge in [0.05, 0.1) is 6.61 Å². The summed E-state index contributed by atoms with van der Waals surface area (Å²) in [5, 5.41) is 0.863. The first kappa shape index (κ1) is 9.59. The Hall–Kier alpha value is -0.500. The van der Waals surface area contributed by atoms with Gasteiger partial charge in [-0.2, -0.15) is 0 Å². The molecule has 0 aliphatic carbocycles. The molecule has 1 aromatic carbocycles. The number of hydrogen-bond donors (Lipinski definition) is 0. The molecule has 1 rings (SSSR count). The number of benzene rings is 1. The molecule has 0 unspecified atom stereocenters. The van der Waals surface area contributed by atoms with Crippen LogP contribution < -0.4 is 4.74 Å². The molecule has 0 aromatic heterocycles. The Bertz CT molecular complexity index is 235. The lowest BCUT2D eigenvalue weighted by atomic mass is 10.2. The zero-order chi connectivity index (χ0) is 8.81. The van der Waals surface area contributed by atoms with Crippen LogP contribution in [0.5, 0.6) is 5.75 Å². The molecule has 0 N–H and O–H groups in total. The van der Waals surface area contributed by atoms with Gasteiger partial charge in [-0.05, 0) is 31.0 Å². The molecular formula is C10H12BrO. The fraction of sp³-hybridized carbons (Fsp3) is 0.300. The lowest BCUT2D eigenvalue weighted by Gasteiger charge is -2.04. The third-order valence-electron chi connectivity index (χ3n) is 1.53. The monoisotopic (exact) mass is 227 g/mol. The largest absolute Gasteiger partial charge is 0.493 e. The quantitative estimate of drug-likeness (QED) is 0.720. The van der Waals surface area contributed by atoms with Crippen molar-refractivity contribution in [3.63, 3.8) is 0 Å². The van der Waals surface area contributed by atoms with Crippen molar-refractivity contribution in [3.05, 3.63) is 36.8 Å². The van der Waals surface area contributed by atoms with E-state index in [4.69, 9.17) is 4.74 Å². The smallest absolute Gasteiger partial charge is 0.119 e. The van der Waals surface area contributed by atoms with Crippen molar-refractivity contribution < 1.29 is 4.74 Å². The van der Waals surface area contributed by atoms with Crippen molar-refractivity contribution in [3.8, 4) is 5.75 Å². The van der Waals surface area contributed by atoms with E-state index in [0.29, 0.717) is 6.61 Å². The molecule has 65 valence electrons. The molecule has 0 saturated heterocycles.